The second-order valence-corrected chi connectivity index (χ2v) is 6.34. The van der Waals surface area contributed by atoms with Crippen LogP contribution in [0.15, 0.2) is 37.1 Å². The van der Waals surface area contributed by atoms with E-state index in [1.165, 1.54) is 16.2 Å². The number of thiophene rings is 1. The molecule has 2 rings (SSSR count). The van der Waals surface area contributed by atoms with Gasteiger partial charge in [-0.3, -0.25) is 10.2 Å². The molecule has 0 aromatic carbocycles. The number of hydrogen-bond acceptors (Lipinski definition) is 5. The summed E-state index contributed by atoms with van der Waals surface area (Å²) in [6, 6.07) is 3.91. The average Bonchev–Trinajstić information content (AvgIpc) is 2.93. The number of ketones is 1. The minimum atomic E-state index is -0.0347. The van der Waals surface area contributed by atoms with Crippen LogP contribution in [0.25, 0.3) is 10.2 Å². The molecule has 2 heterocycles. The average molecular weight is 328 g/mol. The number of hydrogen-bond donors (Lipinski definition) is 1. The lowest BCUT2D eigenvalue weighted by Gasteiger charge is -2.14. The van der Waals surface area contributed by atoms with Crippen molar-refractivity contribution in [2.45, 2.75) is 6.92 Å². The molecule has 2 aromatic rings. The lowest BCUT2D eigenvalue weighted by molar-refractivity contribution is 0.0979. The molecule has 0 unspecified atom stereocenters. The number of allylic oxidation sites excluding steroid dienone is 2. The molecular weight excluding hydrogens is 308 g/mol. The fourth-order valence-electron chi connectivity index (χ4n) is 2.18. The quantitative estimate of drug-likeness (QED) is 0.366. The van der Waals surface area contributed by atoms with Crippen LogP contribution in [0.5, 0.6) is 0 Å². The van der Waals surface area contributed by atoms with Crippen LogP contribution in [0.1, 0.15) is 15.4 Å². The van der Waals surface area contributed by atoms with Crippen LogP contribution in [-0.2, 0) is 0 Å². The van der Waals surface area contributed by atoms with Crippen LogP contribution in [0.2, 0.25) is 0 Å². The standard InChI is InChI=1S/C17H20N4OS/c1-5-6-7-21(11-18)10-15(22)16-9-13-14(20(3)4)8-12(2)19-17(13)23-16/h5-9,11,18H,1,10H2,2-4H3/b7-6+,18-11?. The van der Waals surface area contributed by atoms with Crippen LogP contribution in [0, 0.1) is 12.3 Å². The zero-order valence-electron chi connectivity index (χ0n) is 13.5. The van der Waals surface area contributed by atoms with E-state index in [1.807, 2.05) is 38.1 Å². The predicted octanol–water partition coefficient (Wildman–Crippen LogP) is 3.46. The molecule has 0 bridgehead atoms. The van der Waals surface area contributed by atoms with Gasteiger partial charge in [-0.25, -0.2) is 4.98 Å². The molecule has 2 aromatic heterocycles. The zero-order valence-corrected chi connectivity index (χ0v) is 14.4. The number of nitrogens with zero attached hydrogens (tertiary/aromatic N) is 3. The van der Waals surface area contributed by atoms with E-state index < -0.39 is 0 Å². The number of anilines is 1. The maximum Gasteiger partial charge on any atom is 0.192 e. The largest absolute Gasteiger partial charge is 0.377 e. The van der Waals surface area contributed by atoms with Crippen molar-refractivity contribution in [1.82, 2.24) is 9.88 Å². The van der Waals surface area contributed by atoms with Gasteiger partial charge in [-0.15, -0.1) is 11.3 Å². The van der Waals surface area contributed by atoms with E-state index >= 15 is 0 Å². The van der Waals surface area contributed by atoms with E-state index in [2.05, 4.69) is 11.6 Å². The second-order valence-electron chi connectivity index (χ2n) is 5.31. The van der Waals surface area contributed by atoms with Crippen molar-refractivity contribution in [2.24, 2.45) is 0 Å². The van der Waals surface area contributed by atoms with Gasteiger partial charge in [-0.05, 0) is 25.1 Å². The fraction of sp³-hybridized carbons (Fsp3) is 0.235. The molecule has 0 radical (unpaired) electrons. The molecule has 0 saturated heterocycles. The van der Waals surface area contributed by atoms with Gasteiger partial charge in [0, 0.05) is 37.1 Å². The molecule has 0 spiro atoms. The maximum atomic E-state index is 12.5. The normalized spacial score (nSPS) is 10.9. The molecule has 0 aliphatic heterocycles. The van der Waals surface area contributed by atoms with Crippen molar-refractivity contribution in [1.29, 1.82) is 5.41 Å². The van der Waals surface area contributed by atoms with Crippen LogP contribution >= 0.6 is 11.3 Å². The Morgan fingerprint density at radius 3 is 2.78 bits per heavy atom. The number of nitrogens with one attached hydrogen (secondary N) is 1. The first kappa shape index (κ1) is 16.9. The minimum absolute atomic E-state index is 0.0347. The highest BCUT2D eigenvalue weighted by atomic mass is 32.1. The Hall–Kier alpha value is -2.47. The summed E-state index contributed by atoms with van der Waals surface area (Å²) in [6.07, 6.45) is 6.08. The molecule has 6 heteroatoms. The molecule has 1 N–H and O–H groups in total. The van der Waals surface area contributed by atoms with Crippen LogP contribution in [0.4, 0.5) is 5.69 Å². The molecule has 0 atom stereocenters. The highest BCUT2D eigenvalue weighted by Gasteiger charge is 2.16. The molecule has 120 valence electrons. The summed E-state index contributed by atoms with van der Waals surface area (Å²) in [7, 11) is 3.95. The maximum absolute atomic E-state index is 12.5. The number of aromatic nitrogens is 1. The summed E-state index contributed by atoms with van der Waals surface area (Å²) >= 11 is 1.39. The highest BCUT2D eigenvalue weighted by molar-refractivity contribution is 7.20. The van der Waals surface area contributed by atoms with Crippen LogP contribution < -0.4 is 4.90 Å². The summed E-state index contributed by atoms with van der Waals surface area (Å²) in [5, 5.41) is 8.35. The summed E-state index contributed by atoms with van der Waals surface area (Å²) in [6.45, 7) is 5.65. The number of carbonyl (C=O) groups is 1. The molecule has 0 fully saturated rings. The molecule has 0 amide bonds. The summed E-state index contributed by atoms with van der Waals surface area (Å²) < 4.78 is 0. The Morgan fingerprint density at radius 2 is 2.17 bits per heavy atom. The van der Waals surface area contributed by atoms with Gasteiger partial charge in [0.15, 0.2) is 5.78 Å². The minimum Gasteiger partial charge on any atom is -0.377 e. The monoisotopic (exact) mass is 328 g/mol. The molecular formula is C17H20N4OS. The Balaban J connectivity index is 2.35. The first-order chi connectivity index (χ1) is 11.0. The molecule has 5 nitrogen and oxygen atoms in total. The number of Topliss-reactive ketones (excluding diaryl/α,β-unsaturated/α-hetero) is 1. The van der Waals surface area contributed by atoms with Crippen molar-refractivity contribution in [3.05, 3.63) is 47.6 Å². The zero-order chi connectivity index (χ0) is 17.0. The van der Waals surface area contributed by atoms with Crippen LogP contribution in [-0.4, -0.2) is 42.6 Å². The van der Waals surface area contributed by atoms with E-state index in [0.717, 1.165) is 27.9 Å². The first-order valence-electron chi connectivity index (χ1n) is 7.13. The smallest absolute Gasteiger partial charge is 0.192 e. The Bertz CT molecular complexity index is 776. The van der Waals surface area contributed by atoms with Gasteiger partial charge in [-0.2, -0.15) is 0 Å². The number of fused-ring (bicyclic) bond motifs is 1. The van der Waals surface area contributed by atoms with E-state index in [-0.39, 0.29) is 12.3 Å². The van der Waals surface area contributed by atoms with E-state index in [4.69, 9.17) is 5.41 Å². The molecule has 23 heavy (non-hydrogen) atoms. The summed E-state index contributed by atoms with van der Waals surface area (Å²) in [5.41, 5.74) is 1.98. The second kappa shape index (κ2) is 7.19. The third-order valence-electron chi connectivity index (χ3n) is 3.27. The number of pyridine rings is 1. The summed E-state index contributed by atoms with van der Waals surface area (Å²) in [5.74, 6) is -0.0347. The van der Waals surface area contributed by atoms with E-state index in [9.17, 15) is 4.79 Å². The van der Waals surface area contributed by atoms with Crippen molar-refractivity contribution in [2.75, 3.05) is 25.5 Å². The van der Waals surface area contributed by atoms with Crippen LogP contribution in [0.3, 0.4) is 0 Å². The van der Waals surface area contributed by atoms with Crippen molar-refractivity contribution >= 4 is 39.4 Å². The number of carbonyl (C=O) groups excluding carboxylic acids is 1. The molecule has 0 saturated carbocycles. The van der Waals surface area contributed by atoms with Gasteiger partial charge in [0.05, 0.1) is 17.8 Å². The lowest BCUT2D eigenvalue weighted by atomic mass is 10.2. The third kappa shape index (κ3) is 3.84. The number of rotatable bonds is 7. The van der Waals surface area contributed by atoms with Gasteiger partial charge < -0.3 is 9.80 Å². The van der Waals surface area contributed by atoms with E-state index in [1.54, 1.807) is 18.4 Å². The topological polar surface area (TPSA) is 60.3 Å². The summed E-state index contributed by atoms with van der Waals surface area (Å²) in [4.78, 5) is 22.1. The predicted molar refractivity (Wildman–Crippen MR) is 97.8 cm³/mol. The van der Waals surface area contributed by atoms with Gasteiger partial charge >= 0.3 is 0 Å². The molecule has 0 aliphatic carbocycles. The SMILES string of the molecule is C=C/C=C/N(C=N)CC(=O)c1cc2c(N(C)C)cc(C)nc2s1. The lowest BCUT2D eigenvalue weighted by Crippen LogP contribution is -2.22. The van der Waals surface area contributed by atoms with Crippen molar-refractivity contribution in [3.8, 4) is 0 Å². The Morgan fingerprint density at radius 1 is 1.43 bits per heavy atom. The van der Waals surface area contributed by atoms with Crippen molar-refractivity contribution in [3.63, 3.8) is 0 Å². The molecule has 0 aliphatic rings. The van der Waals surface area contributed by atoms with Gasteiger partial charge in [-0.1, -0.05) is 12.7 Å². The fourth-order valence-corrected chi connectivity index (χ4v) is 3.21. The Kier molecular flexibility index (Phi) is 5.28. The highest BCUT2D eigenvalue weighted by Crippen LogP contribution is 2.32. The Labute approximate surface area is 140 Å². The van der Waals surface area contributed by atoms with Crippen molar-refractivity contribution < 1.29 is 4.79 Å². The third-order valence-corrected chi connectivity index (χ3v) is 4.34. The van der Waals surface area contributed by atoms with Gasteiger partial charge in [0.2, 0.25) is 0 Å². The first-order valence-corrected chi connectivity index (χ1v) is 7.95. The number of aryl methyl sites for hydroxylation is 1. The van der Waals surface area contributed by atoms with Gasteiger partial charge in [0.1, 0.15) is 4.83 Å². The van der Waals surface area contributed by atoms with Gasteiger partial charge in [0.25, 0.3) is 0 Å². The van der Waals surface area contributed by atoms with E-state index in [0.29, 0.717) is 4.88 Å².